The molecule has 3 aliphatic rings. The van der Waals surface area contributed by atoms with Crippen molar-refractivity contribution in [2.45, 2.75) is 38.2 Å². The molecule has 3 fully saturated rings. The van der Waals surface area contributed by atoms with Crippen LogP contribution in [0.4, 0.5) is 10.5 Å². The molecule has 0 saturated carbocycles. The Morgan fingerprint density at radius 1 is 0.920 bits per heavy atom. The number of imide groups is 1. The zero-order valence-electron chi connectivity index (χ0n) is 28.5. The van der Waals surface area contributed by atoms with Crippen molar-refractivity contribution >= 4 is 34.3 Å². The lowest BCUT2D eigenvalue weighted by Crippen LogP contribution is -2.49. The van der Waals surface area contributed by atoms with E-state index in [4.69, 9.17) is 9.47 Å². The number of hydrogen-bond acceptors (Lipinski definition) is 8. The highest BCUT2D eigenvalue weighted by molar-refractivity contribution is 6.06. The Balaban J connectivity index is 0.902. The van der Waals surface area contributed by atoms with Gasteiger partial charge in [-0.25, -0.2) is 4.79 Å². The number of rotatable bonds is 8. The maximum absolute atomic E-state index is 13.4. The van der Waals surface area contributed by atoms with E-state index in [0.717, 1.165) is 61.8 Å². The van der Waals surface area contributed by atoms with E-state index in [-0.39, 0.29) is 29.9 Å². The van der Waals surface area contributed by atoms with Gasteiger partial charge in [0, 0.05) is 88.1 Å². The number of carbonyl (C=O) groups is 3. The third-order valence-corrected chi connectivity index (χ3v) is 10.2. The summed E-state index contributed by atoms with van der Waals surface area (Å²) >= 11 is 0. The number of aromatic nitrogens is 2. The summed E-state index contributed by atoms with van der Waals surface area (Å²) in [6.07, 6.45) is 9.21. The molecule has 2 aromatic heterocycles. The number of nitrogens with one attached hydrogen (secondary N) is 1. The summed E-state index contributed by atoms with van der Waals surface area (Å²) in [4.78, 5) is 59.9. The van der Waals surface area contributed by atoms with Crippen LogP contribution in [0.1, 0.15) is 42.5 Å². The van der Waals surface area contributed by atoms with Gasteiger partial charge in [-0.1, -0.05) is 12.1 Å². The molecular weight excluding hydrogens is 636 g/mol. The fourth-order valence-corrected chi connectivity index (χ4v) is 7.35. The van der Waals surface area contributed by atoms with Gasteiger partial charge in [-0.3, -0.25) is 29.6 Å². The maximum atomic E-state index is 13.4. The molecule has 3 saturated heterocycles. The summed E-state index contributed by atoms with van der Waals surface area (Å²) < 4.78 is 13.8. The van der Waals surface area contributed by atoms with Crippen LogP contribution in [-0.2, 0) is 11.8 Å². The lowest BCUT2D eigenvalue weighted by Gasteiger charge is -2.37. The summed E-state index contributed by atoms with van der Waals surface area (Å²) in [6, 6.07) is 14.4. The van der Waals surface area contributed by atoms with Crippen LogP contribution in [0.15, 0.2) is 71.9 Å². The molecule has 12 nitrogen and oxygen atoms in total. The number of methoxy groups -OCH3 is 1. The molecule has 4 amide bonds. The lowest BCUT2D eigenvalue weighted by atomic mass is 9.94. The van der Waals surface area contributed by atoms with Crippen LogP contribution in [0, 0.1) is 5.92 Å². The first-order valence-electron chi connectivity index (χ1n) is 17.3. The van der Waals surface area contributed by atoms with Crippen molar-refractivity contribution in [1.29, 1.82) is 0 Å². The van der Waals surface area contributed by atoms with E-state index in [1.165, 1.54) is 4.90 Å². The van der Waals surface area contributed by atoms with Crippen LogP contribution < -0.4 is 25.2 Å². The molecule has 4 aromatic rings. The average molecular weight is 679 g/mol. The number of fused-ring (bicyclic) bond motifs is 1. The van der Waals surface area contributed by atoms with Crippen LogP contribution >= 0.6 is 0 Å². The predicted molar refractivity (Wildman–Crippen MR) is 190 cm³/mol. The number of ether oxygens (including phenoxy) is 2. The molecular formula is C38H42N6O6. The standard InChI is InChI=1S/C38H42N6O6/c1-41-24-32(30-8-14-39-22-31(30)37(41)47)26-6-7-33(34(21-26)49-2)50-29-11-15-42(16-12-29)23-25-9-17-43(18-10-25)36(46)27-4-3-5-28(20-27)44-19-13-35(45)40-38(44)48/h3-8,14,20-22,24-25,29H,9-13,15-19,23H2,1-2H3,(H,40,45,48). The molecule has 5 heterocycles. The number of aryl methyl sites for hydroxylation is 1. The van der Waals surface area contributed by atoms with Gasteiger partial charge in [0.05, 0.1) is 12.5 Å². The Morgan fingerprint density at radius 2 is 1.72 bits per heavy atom. The minimum Gasteiger partial charge on any atom is -0.493 e. The Bertz CT molecular complexity index is 1980. The largest absolute Gasteiger partial charge is 0.493 e. The Morgan fingerprint density at radius 3 is 2.48 bits per heavy atom. The summed E-state index contributed by atoms with van der Waals surface area (Å²) in [6.45, 7) is 4.61. The summed E-state index contributed by atoms with van der Waals surface area (Å²) in [5.41, 5.74) is 2.95. The molecule has 0 aliphatic carbocycles. The second-order valence-corrected chi connectivity index (χ2v) is 13.4. The first-order chi connectivity index (χ1) is 24.3. The fraction of sp³-hybridized carbons (Fsp3) is 0.395. The third-order valence-electron chi connectivity index (χ3n) is 10.2. The second kappa shape index (κ2) is 14.3. The zero-order chi connectivity index (χ0) is 34.8. The van der Waals surface area contributed by atoms with Crippen molar-refractivity contribution in [1.82, 2.24) is 24.7 Å². The molecule has 2 aromatic carbocycles. The van der Waals surface area contributed by atoms with Crippen LogP contribution in [0.2, 0.25) is 0 Å². The average Bonchev–Trinajstić information content (AvgIpc) is 3.14. The molecule has 0 bridgehead atoms. The fourth-order valence-electron chi connectivity index (χ4n) is 7.35. The van der Waals surface area contributed by atoms with E-state index in [0.29, 0.717) is 53.7 Å². The van der Waals surface area contributed by atoms with E-state index >= 15 is 0 Å². The highest BCUT2D eigenvalue weighted by atomic mass is 16.5. The lowest BCUT2D eigenvalue weighted by molar-refractivity contribution is -0.120. The smallest absolute Gasteiger partial charge is 0.328 e. The minimum absolute atomic E-state index is 0.0276. The van der Waals surface area contributed by atoms with E-state index in [9.17, 15) is 19.2 Å². The normalized spacial score (nSPS) is 18.0. The molecule has 0 unspecified atom stereocenters. The Kier molecular flexibility index (Phi) is 9.53. The Labute approximate surface area is 290 Å². The van der Waals surface area contributed by atoms with Crippen LogP contribution in [0.3, 0.4) is 0 Å². The number of likely N-dealkylation sites (tertiary alicyclic amines) is 2. The van der Waals surface area contributed by atoms with Crippen molar-refractivity contribution in [3.63, 3.8) is 0 Å². The van der Waals surface area contributed by atoms with Gasteiger partial charge in [0.25, 0.3) is 11.5 Å². The maximum Gasteiger partial charge on any atom is 0.328 e. The first-order valence-corrected chi connectivity index (χ1v) is 17.3. The van der Waals surface area contributed by atoms with Crippen molar-refractivity contribution in [2.24, 2.45) is 13.0 Å². The van der Waals surface area contributed by atoms with Gasteiger partial charge in [0.1, 0.15) is 6.10 Å². The predicted octanol–water partition coefficient (Wildman–Crippen LogP) is 4.45. The second-order valence-electron chi connectivity index (χ2n) is 13.4. The van der Waals surface area contributed by atoms with E-state index in [2.05, 4.69) is 15.2 Å². The number of hydrogen-bond donors (Lipinski definition) is 1. The van der Waals surface area contributed by atoms with Crippen LogP contribution in [0.5, 0.6) is 11.5 Å². The van der Waals surface area contributed by atoms with Gasteiger partial charge in [0.15, 0.2) is 11.5 Å². The Hall–Kier alpha value is -5.23. The van der Waals surface area contributed by atoms with E-state index < -0.39 is 6.03 Å². The highest BCUT2D eigenvalue weighted by Gasteiger charge is 2.29. The summed E-state index contributed by atoms with van der Waals surface area (Å²) in [5.74, 6) is 1.58. The number of benzene rings is 2. The quantitative estimate of drug-likeness (QED) is 0.290. The minimum atomic E-state index is -0.456. The topological polar surface area (TPSA) is 126 Å². The van der Waals surface area contributed by atoms with Crippen LogP contribution in [-0.4, -0.2) is 89.7 Å². The summed E-state index contributed by atoms with van der Waals surface area (Å²) in [5, 5.41) is 3.76. The molecule has 0 spiro atoms. The van der Waals surface area contributed by atoms with Gasteiger partial charge in [-0.15, -0.1) is 0 Å². The molecule has 50 heavy (non-hydrogen) atoms. The molecule has 3 aliphatic heterocycles. The molecule has 260 valence electrons. The van der Waals surface area contributed by atoms with Gasteiger partial charge < -0.3 is 23.8 Å². The number of nitrogens with zero attached hydrogens (tertiary/aromatic N) is 5. The van der Waals surface area contributed by atoms with Crippen molar-refractivity contribution in [3.05, 3.63) is 83.0 Å². The number of carbonyl (C=O) groups excluding carboxylic acids is 3. The van der Waals surface area contributed by atoms with E-state index in [1.54, 1.807) is 55.4 Å². The SMILES string of the molecule is COc1cc(-c2cn(C)c(=O)c3cnccc23)ccc1OC1CCN(CC2CCN(C(=O)c3cccc(N4CCC(=O)NC4=O)c3)CC2)CC1. The van der Waals surface area contributed by atoms with Gasteiger partial charge in [-0.05, 0) is 78.9 Å². The molecule has 12 heteroatoms. The molecule has 1 N–H and O–H groups in total. The van der Waals surface area contributed by atoms with Crippen LogP contribution in [0.25, 0.3) is 21.9 Å². The van der Waals surface area contributed by atoms with Gasteiger partial charge in [-0.2, -0.15) is 0 Å². The summed E-state index contributed by atoms with van der Waals surface area (Å²) in [7, 11) is 3.39. The van der Waals surface area contributed by atoms with Gasteiger partial charge in [0.2, 0.25) is 5.91 Å². The molecule has 7 rings (SSSR count). The molecule has 0 radical (unpaired) electrons. The monoisotopic (exact) mass is 678 g/mol. The van der Waals surface area contributed by atoms with Crippen molar-refractivity contribution in [2.75, 3.05) is 51.3 Å². The molecule has 0 atom stereocenters. The highest BCUT2D eigenvalue weighted by Crippen LogP contribution is 2.36. The number of urea groups is 1. The number of anilines is 1. The van der Waals surface area contributed by atoms with Gasteiger partial charge >= 0.3 is 6.03 Å². The number of amides is 4. The number of piperidine rings is 2. The third kappa shape index (κ3) is 6.93. The number of pyridine rings is 2. The van der Waals surface area contributed by atoms with Crippen molar-refractivity contribution in [3.8, 4) is 22.6 Å². The van der Waals surface area contributed by atoms with E-state index in [1.807, 2.05) is 35.4 Å². The first kappa shape index (κ1) is 33.3. The van der Waals surface area contributed by atoms with Crippen molar-refractivity contribution < 1.29 is 23.9 Å². The zero-order valence-corrected chi connectivity index (χ0v) is 28.5.